The molecule has 82 valence electrons. The molecule has 1 saturated heterocycles. The summed E-state index contributed by atoms with van der Waals surface area (Å²) in [6.07, 6.45) is 6.81. The largest absolute Gasteiger partial charge is 0.314 e. The van der Waals surface area contributed by atoms with E-state index < -0.39 is 0 Å². The van der Waals surface area contributed by atoms with Crippen LogP contribution in [0.4, 0.5) is 0 Å². The predicted octanol–water partition coefficient (Wildman–Crippen LogP) is 1.78. The van der Waals surface area contributed by atoms with Gasteiger partial charge in [-0.1, -0.05) is 6.42 Å². The van der Waals surface area contributed by atoms with Crippen LogP contribution in [0.1, 0.15) is 36.3 Å². The molecule has 3 nitrogen and oxygen atoms in total. The lowest BCUT2D eigenvalue weighted by molar-refractivity contribution is 0.394. The van der Waals surface area contributed by atoms with Gasteiger partial charge in [0.05, 0.1) is 0 Å². The predicted molar refractivity (Wildman–Crippen MR) is 60.9 cm³/mol. The second-order valence-electron chi connectivity index (χ2n) is 4.41. The highest BCUT2D eigenvalue weighted by Crippen LogP contribution is 2.11. The van der Waals surface area contributed by atoms with E-state index in [-0.39, 0.29) is 0 Å². The average Bonchev–Trinajstić information content (AvgIpc) is 2.25. The second-order valence-corrected chi connectivity index (χ2v) is 4.41. The molecule has 1 fully saturated rings. The fraction of sp³-hybridized carbons (Fsp3) is 0.667. The van der Waals surface area contributed by atoms with Crippen molar-refractivity contribution in [3.63, 3.8) is 0 Å². The Morgan fingerprint density at radius 3 is 2.93 bits per heavy atom. The second kappa shape index (κ2) is 4.71. The average molecular weight is 205 g/mol. The maximum absolute atomic E-state index is 4.52. The van der Waals surface area contributed by atoms with Crippen LogP contribution >= 0.6 is 0 Å². The van der Waals surface area contributed by atoms with E-state index in [1.807, 2.05) is 6.20 Å². The van der Waals surface area contributed by atoms with Gasteiger partial charge in [0.25, 0.3) is 0 Å². The number of rotatable bonds is 2. The van der Waals surface area contributed by atoms with Crippen molar-refractivity contribution in [1.29, 1.82) is 0 Å². The molecule has 0 aromatic carbocycles. The van der Waals surface area contributed by atoms with Crippen LogP contribution in [0.5, 0.6) is 0 Å². The summed E-state index contributed by atoms with van der Waals surface area (Å²) < 4.78 is 0. The molecule has 2 rings (SSSR count). The van der Waals surface area contributed by atoms with E-state index in [0.717, 1.165) is 24.5 Å². The summed E-state index contributed by atoms with van der Waals surface area (Å²) in [6.45, 7) is 5.25. The van der Waals surface area contributed by atoms with Gasteiger partial charge in [0.2, 0.25) is 0 Å². The van der Waals surface area contributed by atoms with Crippen LogP contribution in [0.25, 0.3) is 0 Å². The first kappa shape index (κ1) is 10.6. The minimum Gasteiger partial charge on any atom is -0.314 e. The van der Waals surface area contributed by atoms with E-state index in [2.05, 4.69) is 29.1 Å². The van der Waals surface area contributed by atoms with Crippen molar-refractivity contribution in [3.05, 3.63) is 23.3 Å². The molecular formula is C12H19N3. The van der Waals surface area contributed by atoms with Crippen molar-refractivity contribution in [2.75, 3.05) is 6.54 Å². The monoisotopic (exact) mass is 205 g/mol. The van der Waals surface area contributed by atoms with E-state index >= 15 is 0 Å². The van der Waals surface area contributed by atoms with Gasteiger partial charge in [-0.05, 0) is 38.8 Å². The molecule has 0 radical (unpaired) electrons. The van der Waals surface area contributed by atoms with Crippen molar-refractivity contribution in [1.82, 2.24) is 15.3 Å². The van der Waals surface area contributed by atoms with Crippen molar-refractivity contribution >= 4 is 0 Å². The number of aromatic nitrogens is 2. The Morgan fingerprint density at radius 2 is 2.27 bits per heavy atom. The van der Waals surface area contributed by atoms with Crippen LogP contribution in [0.3, 0.4) is 0 Å². The number of piperidine rings is 1. The van der Waals surface area contributed by atoms with Crippen LogP contribution in [0, 0.1) is 13.8 Å². The maximum Gasteiger partial charge on any atom is 0.130 e. The zero-order valence-corrected chi connectivity index (χ0v) is 9.58. The molecule has 1 N–H and O–H groups in total. The molecule has 1 aromatic heterocycles. The Hall–Kier alpha value is -0.960. The standard InChI is InChI=1S/C12H19N3/c1-9-8-14-12(15-10(9)2)7-11-5-3-4-6-13-11/h8,11,13H,3-7H2,1-2H3. The molecule has 1 unspecified atom stereocenters. The number of aryl methyl sites for hydroxylation is 2. The molecule has 1 aliphatic heterocycles. The highest BCUT2D eigenvalue weighted by Gasteiger charge is 2.14. The fourth-order valence-electron chi connectivity index (χ4n) is 1.99. The number of nitrogens with zero attached hydrogens (tertiary/aromatic N) is 2. The van der Waals surface area contributed by atoms with Gasteiger partial charge < -0.3 is 5.32 Å². The van der Waals surface area contributed by atoms with E-state index in [1.165, 1.54) is 24.8 Å². The molecular weight excluding hydrogens is 186 g/mol. The van der Waals surface area contributed by atoms with Gasteiger partial charge in [0.15, 0.2) is 0 Å². The first-order valence-corrected chi connectivity index (χ1v) is 5.78. The van der Waals surface area contributed by atoms with Crippen LogP contribution < -0.4 is 5.32 Å². The highest BCUT2D eigenvalue weighted by atomic mass is 14.9. The molecule has 0 saturated carbocycles. The molecule has 0 bridgehead atoms. The molecule has 0 spiro atoms. The highest BCUT2D eigenvalue weighted by molar-refractivity contribution is 5.13. The van der Waals surface area contributed by atoms with E-state index in [0.29, 0.717) is 6.04 Å². The third-order valence-corrected chi connectivity index (χ3v) is 3.12. The normalized spacial score (nSPS) is 21.6. The van der Waals surface area contributed by atoms with Gasteiger partial charge in [-0.25, -0.2) is 9.97 Å². The number of hydrogen-bond acceptors (Lipinski definition) is 3. The molecule has 2 heterocycles. The van der Waals surface area contributed by atoms with E-state index in [9.17, 15) is 0 Å². The lowest BCUT2D eigenvalue weighted by Crippen LogP contribution is -2.36. The summed E-state index contributed by atoms with van der Waals surface area (Å²) in [5, 5.41) is 3.52. The van der Waals surface area contributed by atoms with Gasteiger partial charge in [-0.2, -0.15) is 0 Å². The van der Waals surface area contributed by atoms with Crippen molar-refractivity contribution in [3.8, 4) is 0 Å². The van der Waals surface area contributed by atoms with Crippen LogP contribution in [-0.2, 0) is 6.42 Å². The fourth-order valence-corrected chi connectivity index (χ4v) is 1.99. The summed E-state index contributed by atoms with van der Waals surface area (Å²) in [5.41, 5.74) is 2.28. The quantitative estimate of drug-likeness (QED) is 0.799. The maximum atomic E-state index is 4.52. The summed E-state index contributed by atoms with van der Waals surface area (Å²) in [5.74, 6) is 0.984. The topological polar surface area (TPSA) is 37.8 Å². The first-order chi connectivity index (χ1) is 7.25. The minimum absolute atomic E-state index is 0.584. The van der Waals surface area contributed by atoms with E-state index in [4.69, 9.17) is 0 Å². The summed E-state index contributed by atoms with van der Waals surface area (Å²) in [6, 6.07) is 0.584. The van der Waals surface area contributed by atoms with Crippen molar-refractivity contribution in [2.45, 2.75) is 45.6 Å². The van der Waals surface area contributed by atoms with Crippen LogP contribution in [0.2, 0.25) is 0 Å². The van der Waals surface area contributed by atoms with Gasteiger partial charge in [0, 0.05) is 24.4 Å². The Bertz CT molecular complexity index is 330. The van der Waals surface area contributed by atoms with Crippen molar-refractivity contribution in [2.24, 2.45) is 0 Å². The van der Waals surface area contributed by atoms with E-state index in [1.54, 1.807) is 0 Å². The van der Waals surface area contributed by atoms with Gasteiger partial charge in [-0.15, -0.1) is 0 Å². The Labute approximate surface area is 91.3 Å². The molecule has 15 heavy (non-hydrogen) atoms. The molecule has 1 aromatic rings. The smallest absolute Gasteiger partial charge is 0.130 e. The summed E-state index contributed by atoms with van der Waals surface area (Å²) >= 11 is 0. The number of nitrogens with one attached hydrogen (secondary N) is 1. The third-order valence-electron chi connectivity index (χ3n) is 3.12. The number of hydrogen-bond donors (Lipinski definition) is 1. The Morgan fingerprint density at radius 1 is 1.40 bits per heavy atom. The van der Waals surface area contributed by atoms with Crippen molar-refractivity contribution < 1.29 is 0 Å². The van der Waals surface area contributed by atoms with Crippen LogP contribution in [-0.4, -0.2) is 22.6 Å². The Kier molecular flexibility index (Phi) is 3.31. The summed E-state index contributed by atoms with van der Waals surface area (Å²) in [7, 11) is 0. The molecule has 0 amide bonds. The molecule has 3 heteroatoms. The van der Waals surface area contributed by atoms with Crippen LogP contribution in [0.15, 0.2) is 6.20 Å². The SMILES string of the molecule is Cc1cnc(CC2CCCCN2)nc1C. The van der Waals surface area contributed by atoms with Gasteiger partial charge in [0.1, 0.15) is 5.82 Å². The first-order valence-electron chi connectivity index (χ1n) is 5.78. The minimum atomic E-state index is 0.584. The zero-order chi connectivity index (χ0) is 10.7. The molecule has 1 aliphatic rings. The molecule has 0 aliphatic carbocycles. The lowest BCUT2D eigenvalue weighted by Gasteiger charge is -2.22. The molecule has 1 atom stereocenters. The zero-order valence-electron chi connectivity index (χ0n) is 9.58. The summed E-state index contributed by atoms with van der Waals surface area (Å²) in [4.78, 5) is 8.90. The van der Waals surface area contributed by atoms with Gasteiger partial charge in [-0.3, -0.25) is 0 Å². The Balaban J connectivity index is 2.00. The van der Waals surface area contributed by atoms with Gasteiger partial charge >= 0.3 is 0 Å². The lowest BCUT2D eigenvalue weighted by atomic mass is 10.0. The third kappa shape index (κ3) is 2.75.